The van der Waals surface area contributed by atoms with Crippen LogP contribution in [0.25, 0.3) is 10.2 Å². The highest BCUT2D eigenvalue weighted by molar-refractivity contribution is 7.16. The minimum Gasteiger partial charge on any atom is -0.346 e. The Morgan fingerprint density at radius 1 is 1.30 bits per heavy atom. The van der Waals surface area contributed by atoms with E-state index in [0.29, 0.717) is 17.7 Å². The second-order valence-corrected chi connectivity index (χ2v) is 6.62. The van der Waals surface area contributed by atoms with Crippen LogP contribution >= 0.6 is 11.3 Å². The first kappa shape index (κ1) is 12.3. The standard InChI is InChI=1S/C15H17N3OS/c19-14(12-2-1-11-5-8-20-15(11)17-12)16-13-9-18-6-3-10(13)4-7-18/h1-2,5,8,10,13H,3-4,6-7,9H2,(H,16,19). The highest BCUT2D eigenvalue weighted by Gasteiger charge is 2.35. The van der Waals surface area contributed by atoms with Gasteiger partial charge in [0.15, 0.2) is 0 Å². The van der Waals surface area contributed by atoms with Gasteiger partial charge in [0, 0.05) is 18.0 Å². The molecule has 20 heavy (non-hydrogen) atoms. The first-order valence-electron chi connectivity index (χ1n) is 7.17. The largest absolute Gasteiger partial charge is 0.346 e. The number of hydrogen-bond donors (Lipinski definition) is 1. The summed E-state index contributed by atoms with van der Waals surface area (Å²) in [5, 5.41) is 6.30. The highest BCUT2D eigenvalue weighted by atomic mass is 32.1. The van der Waals surface area contributed by atoms with Gasteiger partial charge in [-0.15, -0.1) is 11.3 Å². The van der Waals surface area contributed by atoms with Crippen molar-refractivity contribution >= 4 is 27.5 Å². The van der Waals surface area contributed by atoms with E-state index in [-0.39, 0.29) is 5.91 Å². The molecular weight excluding hydrogens is 270 g/mol. The van der Waals surface area contributed by atoms with Gasteiger partial charge in [-0.25, -0.2) is 4.98 Å². The molecule has 4 nitrogen and oxygen atoms in total. The van der Waals surface area contributed by atoms with Crippen LogP contribution in [0.5, 0.6) is 0 Å². The van der Waals surface area contributed by atoms with Crippen molar-refractivity contribution in [3.8, 4) is 0 Å². The van der Waals surface area contributed by atoms with Gasteiger partial charge in [0.1, 0.15) is 10.5 Å². The van der Waals surface area contributed by atoms with E-state index in [2.05, 4.69) is 15.2 Å². The van der Waals surface area contributed by atoms with Crippen LogP contribution in [0.15, 0.2) is 23.6 Å². The molecular formula is C15H17N3OS. The van der Waals surface area contributed by atoms with Crippen molar-refractivity contribution < 1.29 is 4.79 Å². The van der Waals surface area contributed by atoms with Gasteiger partial charge in [-0.05, 0) is 55.4 Å². The summed E-state index contributed by atoms with van der Waals surface area (Å²) in [5.74, 6) is 0.619. The summed E-state index contributed by atoms with van der Waals surface area (Å²) >= 11 is 1.58. The number of thiophene rings is 1. The van der Waals surface area contributed by atoms with Gasteiger partial charge in [-0.3, -0.25) is 4.79 Å². The first-order chi connectivity index (χ1) is 9.79. The Morgan fingerprint density at radius 3 is 2.90 bits per heavy atom. The highest BCUT2D eigenvalue weighted by Crippen LogP contribution is 2.27. The van der Waals surface area contributed by atoms with E-state index in [1.54, 1.807) is 11.3 Å². The third kappa shape index (κ3) is 2.11. The number of carbonyl (C=O) groups is 1. The molecule has 3 fully saturated rings. The van der Waals surface area contributed by atoms with Crippen molar-refractivity contribution in [3.63, 3.8) is 0 Å². The van der Waals surface area contributed by atoms with Gasteiger partial charge in [-0.2, -0.15) is 0 Å². The second kappa shape index (κ2) is 4.82. The number of pyridine rings is 1. The number of aromatic nitrogens is 1. The normalized spacial score (nSPS) is 28.7. The van der Waals surface area contributed by atoms with Crippen LogP contribution in [0.3, 0.4) is 0 Å². The average Bonchev–Trinajstić information content (AvgIpc) is 2.96. The fourth-order valence-electron chi connectivity index (χ4n) is 3.34. The van der Waals surface area contributed by atoms with E-state index < -0.39 is 0 Å². The van der Waals surface area contributed by atoms with Crippen LogP contribution in [0.1, 0.15) is 23.3 Å². The minimum absolute atomic E-state index is 0.0287. The molecule has 0 aromatic carbocycles. The number of carbonyl (C=O) groups excluding carboxylic acids is 1. The van der Waals surface area contributed by atoms with Gasteiger partial charge in [0.05, 0.1) is 0 Å². The molecule has 1 N–H and O–H groups in total. The molecule has 0 aliphatic carbocycles. The molecule has 3 aliphatic heterocycles. The summed E-state index contributed by atoms with van der Waals surface area (Å²) in [6, 6.07) is 6.13. The van der Waals surface area contributed by atoms with Gasteiger partial charge in [0.2, 0.25) is 0 Å². The van der Waals surface area contributed by atoms with Crippen molar-refractivity contribution in [2.75, 3.05) is 19.6 Å². The molecule has 1 unspecified atom stereocenters. The molecule has 2 aromatic rings. The second-order valence-electron chi connectivity index (χ2n) is 5.73. The Morgan fingerprint density at radius 2 is 2.15 bits per heavy atom. The molecule has 3 saturated heterocycles. The van der Waals surface area contributed by atoms with Gasteiger partial charge >= 0.3 is 0 Å². The average molecular weight is 287 g/mol. The lowest BCUT2D eigenvalue weighted by Crippen LogP contribution is -2.57. The predicted octanol–water partition coefficient (Wildman–Crippen LogP) is 2.12. The maximum atomic E-state index is 12.4. The van der Waals surface area contributed by atoms with Gasteiger partial charge in [0.25, 0.3) is 5.91 Å². The molecule has 1 atom stereocenters. The zero-order chi connectivity index (χ0) is 13.5. The molecule has 5 heterocycles. The Balaban J connectivity index is 1.52. The van der Waals surface area contributed by atoms with Crippen LogP contribution in [-0.2, 0) is 0 Å². The van der Waals surface area contributed by atoms with Crippen LogP contribution < -0.4 is 5.32 Å². The SMILES string of the molecule is O=C(NC1CN2CCC1CC2)c1ccc2ccsc2n1. The summed E-state index contributed by atoms with van der Waals surface area (Å²) in [6.07, 6.45) is 2.42. The van der Waals surface area contributed by atoms with Crippen LogP contribution in [-0.4, -0.2) is 41.5 Å². The number of nitrogens with zero attached hydrogens (tertiary/aromatic N) is 2. The fourth-order valence-corrected chi connectivity index (χ4v) is 4.11. The Bertz CT molecular complexity index is 645. The number of rotatable bonds is 2. The molecule has 104 valence electrons. The number of amides is 1. The van der Waals surface area contributed by atoms with Gasteiger partial charge < -0.3 is 10.2 Å². The fraction of sp³-hybridized carbons (Fsp3) is 0.467. The zero-order valence-electron chi connectivity index (χ0n) is 11.2. The molecule has 5 rings (SSSR count). The molecule has 0 saturated carbocycles. The molecule has 0 radical (unpaired) electrons. The Kier molecular flexibility index (Phi) is 2.97. The summed E-state index contributed by atoms with van der Waals surface area (Å²) in [5.41, 5.74) is 0.538. The maximum absolute atomic E-state index is 12.4. The van der Waals surface area contributed by atoms with Crippen LogP contribution in [0.4, 0.5) is 0 Å². The van der Waals surface area contributed by atoms with E-state index in [4.69, 9.17) is 0 Å². The van der Waals surface area contributed by atoms with Crippen molar-refractivity contribution in [3.05, 3.63) is 29.3 Å². The third-order valence-electron chi connectivity index (χ3n) is 4.52. The topological polar surface area (TPSA) is 45.2 Å². The Labute approximate surface area is 121 Å². The van der Waals surface area contributed by atoms with Crippen molar-refractivity contribution in [2.24, 2.45) is 5.92 Å². The minimum atomic E-state index is -0.0287. The first-order valence-corrected chi connectivity index (χ1v) is 8.05. The number of nitrogens with one attached hydrogen (secondary N) is 1. The molecule has 3 aliphatic rings. The number of piperidine rings is 3. The molecule has 5 heteroatoms. The third-order valence-corrected chi connectivity index (χ3v) is 5.34. The van der Waals surface area contributed by atoms with E-state index in [0.717, 1.165) is 16.8 Å². The molecule has 2 aromatic heterocycles. The maximum Gasteiger partial charge on any atom is 0.270 e. The Hall–Kier alpha value is -1.46. The van der Waals surface area contributed by atoms with E-state index in [9.17, 15) is 4.79 Å². The van der Waals surface area contributed by atoms with E-state index in [1.807, 2.05) is 23.6 Å². The lowest BCUT2D eigenvalue weighted by Gasteiger charge is -2.44. The summed E-state index contributed by atoms with van der Waals surface area (Å²) < 4.78 is 0. The summed E-state index contributed by atoms with van der Waals surface area (Å²) in [4.78, 5) is 20.2. The quantitative estimate of drug-likeness (QED) is 0.920. The summed E-state index contributed by atoms with van der Waals surface area (Å²) in [6.45, 7) is 3.38. The predicted molar refractivity (Wildman–Crippen MR) is 80.0 cm³/mol. The smallest absolute Gasteiger partial charge is 0.270 e. The van der Waals surface area contributed by atoms with Crippen LogP contribution in [0.2, 0.25) is 0 Å². The monoisotopic (exact) mass is 287 g/mol. The van der Waals surface area contributed by atoms with Crippen molar-refractivity contribution in [1.29, 1.82) is 0 Å². The molecule has 1 amide bonds. The lowest BCUT2D eigenvalue weighted by molar-refractivity contribution is 0.0618. The van der Waals surface area contributed by atoms with Crippen LogP contribution in [0, 0.1) is 5.92 Å². The lowest BCUT2D eigenvalue weighted by atomic mass is 9.84. The van der Waals surface area contributed by atoms with Crippen molar-refractivity contribution in [2.45, 2.75) is 18.9 Å². The molecule has 0 spiro atoms. The van der Waals surface area contributed by atoms with E-state index in [1.165, 1.54) is 25.9 Å². The zero-order valence-corrected chi connectivity index (χ0v) is 12.0. The summed E-state index contributed by atoms with van der Waals surface area (Å²) in [7, 11) is 0. The van der Waals surface area contributed by atoms with E-state index >= 15 is 0 Å². The number of hydrogen-bond acceptors (Lipinski definition) is 4. The number of fused-ring (bicyclic) bond motifs is 4. The van der Waals surface area contributed by atoms with Gasteiger partial charge in [-0.1, -0.05) is 0 Å². The molecule has 2 bridgehead atoms. The van der Waals surface area contributed by atoms with Crippen molar-refractivity contribution in [1.82, 2.24) is 15.2 Å².